The molecule has 0 spiro atoms. The number of nitrogens with one attached hydrogen (secondary N) is 1. The summed E-state index contributed by atoms with van der Waals surface area (Å²) in [6.07, 6.45) is 4.64. The molecule has 2 aromatic rings. The molecule has 2 rings (SSSR count). The molecule has 0 saturated heterocycles. The Morgan fingerprint density at radius 3 is 3.00 bits per heavy atom. The first kappa shape index (κ1) is 7.72. The van der Waals surface area contributed by atoms with Gasteiger partial charge in [0.05, 0.1) is 17.6 Å². The first-order valence-electron chi connectivity index (χ1n) is 3.80. The standard InChI is InChI=1S/C8H8N4O/c1-12-3-2-7(11-12)6-4-9-5-10-8(6)13/h2-5H,1H3,(H,9,10,13). The fourth-order valence-corrected chi connectivity index (χ4v) is 1.09. The SMILES string of the molecule is Cn1ccc(-c2cnc[nH]c2=O)n1. The van der Waals surface area contributed by atoms with Crippen LogP contribution in [0, 0.1) is 0 Å². The third kappa shape index (κ3) is 1.35. The molecular weight excluding hydrogens is 168 g/mol. The second-order valence-electron chi connectivity index (χ2n) is 2.67. The van der Waals surface area contributed by atoms with Crippen LogP contribution in [0.3, 0.4) is 0 Å². The van der Waals surface area contributed by atoms with Crippen LogP contribution in [0.15, 0.2) is 29.6 Å². The first-order valence-corrected chi connectivity index (χ1v) is 3.80. The van der Waals surface area contributed by atoms with E-state index in [9.17, 15) is 4.79 Å². The van der Waals surface area contributed by atoms with Crippen LogP contribution in [0.1, 0.15) is 0 Å². The Kier molecular flexibility index (Phi) is 1.70. The number of hydrogen-bond donors (Lipinski definition) is 1. The summed E-state index contributed by atoms with van der Waals surface area (Å²) >= 11 is 0. The lowest BCUT2D eigenvalue weighted by molar-refractivity contribution is 0.770. The monoisotopic (exact) mass is 176 g/mol. The highest BCUT2D eigenvalue weighted by molar-refractivity contribution is 5.55. The second-order valence-corrected chi connectivity index (χ2v) is 2.67. The minimum absolute atomic E-state index is 0.172. The van der Waals surface area contributed by atoms with Gasteiger partial charge in [0.1, 0.15) is 0 Å². The minimum atomic E-state index is -0.172. The molecule has 0 bridgehead atoms. The Bertz CT molecular complexity index is 471. The summed E-state index contributed by atoms with van der Waals surface area (Å²) in [7, 11) is 1.80. The van der Waals surface area contributed by atoms with E-state index in [0.29, 0.717) is 11.3 Å². The van der Waals surface area contributed by atoms with Gasteiger partial charge in [0.2, 0.25) is 0 Å². The van der Waals surface area contributed by atoms with Crippen molar-refractivity contribution in [3.63, 3.8) is 0 Å². The fraction of sp³-hybridized carbons (Fsp3) is 0.125. The number of aryl methyl sites for hydroxylation is 1. The summed E-state index contributed by atoms with van der Waals surface area (Å²) in [5.74, 6) is 0. The molecule has 0 amide bonds. The van der Waals surface area contributed by atoms with Crippen LogP contribution in [-0.2, 0) is 7.05 Å². The van der Waals surface area contributed by atoms with E-state index in [1.54, 1.807) is 24.0 Å². The molecule has 0 radical (unpaired) electrons. The first-order chi connectivity index (χ1) is 6.27. The average molecular weight is 176 g/mol. The van der Waals surface area contributed by atoms with Crippen LogP contribution in [0.25, 0.3) is 11.3 Å². The van der Waals surface area contributed by atoms with Crippen molar-refractivity contribution >= 4 is 0 Å². The molecule has 2 aromatic heterocycles. The van der Waals surface area contributed by atoms with Crippen LogP contribution < -0.4 is 5.56 Å². The van der Waals surface area contributed by atoms with Gasteiger partial charge in [0, 0.05) is 19.4 Å². The van der Waals surface area contributed by atoms with Crippen LogP contribution in [0.4, 0.5) is 0 Å². The zero-order valence-corrected chi connectivity index (χ0v) is 7.06. The molecule has 0 aliphatic rings. The van der Waals surface area contributed by atoms with Gasteiger partial charge in [-0.1, -0.05) is 0 Å². The zero-order chi connectivity index (χ0) is 9.26. The maximum Gasteiger partial charge on any atom is 0.260 e. The Morgan fingerprint density at radius 2 is 2.38 bits per heavy atom. The molecule has 0 aromatic carbocycles. The van der Waals surface area contributed by atoms with Gasteiger partial charge < -0.3 is 4.98 Å². The number of nitrogens with zero attached hydrogens (tertiary/aromatic N) is 3. The van der Waals surface area contributed by atoms with Crippen LogP contribution >= 0.6 is 0 Å². The lowest BCUT2D eigenvalue weighted by Crippen LogP contribution is -2.08. The summed E-state index contributed by atoms with van der Waals surface area (Å²) < 4.78 is 1.64. The molecule has 5 nitrogen and oxygen atoms in total. The van der Waals surface area contributed by atoms with Gasteiger partial charge in [0.15, 0.2) is 0 Å². The normalized spacial score (nSPS) is 10.2. The summed E-state index contributed by atoms with van der Waals surface area (Å²) in [4.78, 5) is 17.6. The number of aromatic nitrogens is 4. The summed E-state index contributed by atoms with van der Waals surface area (Å²) in [5.41, 5.74) is 0.952. The van der Waals surface area contributed by atoms with E-state index < -0.39 is 0 Å². The van der Waals surface area contributed by atoms with Gasteiger partial charge in [-0.2, -0.15) is 5.10 Å². The third-order valence-electron chi connectivity index (χ3n) is 1.71. The van der Waals surface area contributed by atoms with Crippen molar-refractivity contribution in [3.05, 3.63) is 35.1 Å². The van der Waals surface area contributed by atoms with E-state index in [1.165, 1.54) is 12.5 Å². The van der Waals surface area contributed by atoms with E-state index in [2.05, 4.69) is 15.1 Å². The predicted molar refractivity (Wildman–Crippen MR) is 47.1 cm³/mol. The van der Waals surface area contributed by atoms with E-state index in [0.717, 1.165) is 0 Å². The second kappa shape index (κ2) is 2.85. The van der Waals surface area contributed by atoms with Crippen molar-refractivity contribution in [3.8, 4) is 11.3 Å². The Morgan fingerprint density at radius 1 is 1.54 bits per heavy atom. The molecule has 0 unspecified atom stereocenters. The average Bonchev–Trinajstić information content (AvgIpc) is 2.53. The van der Waals surface area contributed by atoms with Gasteiger partial charge in [0.25, 0.3) is 5.56 Å². The summed E-state index contributed by atoms with van der Waals surface area (Å²) in [6, 6.07) is 1.77. The highest BCUT2D eigenvalue weighted by atomic mass is 16.1. The number of H-pyrrole nitrogens is 1. The molecule has 0 saturated carbocycles. The minimum Gasteiger partial charge on any atom is -0.313 e. The molecule has 0 aliphatic heterocycles. The fourth-order valence-electron chi connectivity index (χ4n) is 1.09. The number of rotatable bonds is 1. The Hall–Kier alpha value is -1.91. The number of aromatic amines is 1. The lowest BCUT2D eigenvalue weighted by atomic mass is 10.2. The van der Waals surface area contributed by atoms with Gasteiger partial charge in [-0.15, -0.1) is 0 Å². The zero-order valence-electron chi connectivity index (χ0n) is 7.06. The van der Waals surface area contributed by atoms with E-state index in [4.69, 9.17) is 0 Å². The van der Waals surface area contributed by atoms with Crippen molar-refractivity contribution in [1.82, 2.24) is 19.7 Å². The van der Waals surface area contributed by atoms with Crippen LogP contribution in [0.5, 0.6) is 0 Å². The molecule has 66 valence electrons. The Balaban J connectivity index is 2.59. The molecule has 0 aliphatic carbocycles. The molecular formula is C8H8N4O. The smallest absolute Gasteiger partial charge is 0.260 e. The third-order valence-corrected chi connectivity index (χ3v) is 1.71. The molecule has 1 N–H and O–H groups in total. The van der Waals surface area contributed by atoms with Crippen molar-refractivity contribution in [2.45, 2.75) is 0 Å². The highest BCUT2D eigenvalue weighted by Crippen LogP contribution is 2.08. The Labute approximate surface area is 74.1 Å². The van der Waals surface area contributed by atoms with E-state index in [1.807, 2.05) is 0 Å². The van der Waals surface area contributed by atoms with Crippen molar-refractivity contribution in [2.24, 2.45) is 7.05 Å². The van der Waals surface area contributed by atoms with Crippen molar-refractivity contribution in [1.29, 1.82) is 0 Å². The topological polar surface area (TPSA) is 63.6 Å². The maximum absolute atomic E-state index is 11.3. The van der Waals surface area contributed by atoms with Crippen molar-refractivity contribution < 1.29 is 0 Å². The highest BCUT2D eigenvalue weighted by Gasteiger charge is 2.04. The largest absolute Gasteiger partial charge is 0.313 e. The van der Waals surface area contributed by atoms with Gasteiger partial charge in [-0.3, -0.25) is 9.48 Å². The lowest BCUT2D eigenvalue weighted by Gasteiger charge is -1.92. The molecule has 2 heterocycles. The van der Waals surface area contributed by atoms with Crippen LogP contribution in [-0.4, -0.2) is 19.7 Å². The molecule has 0 fully saturated rings. The van der Waals surface area contributed by atoms with Gasteiger partial charge >= 0.3 is 0 Å². The quantitative estimate of drug-likeness (QED) is 0.673. The van der Waals surface area contributed by atoms with Crippen LogP contribution in [0.2, 0.25) is 0 Å². The van der Waals surface area contributed by atoms with Gasteiger partial charge in [-0.25, -0.2) is 4.98 Å². The van der Waals surface area contributed by atoms with Gasteiger partial charge in [-0.05, 0) is 6.07 Å². The predicted octanol–water partition coefficient (Wildman–Crippen LogP) is 0.170. The van der Waals surface area contributed by atoms with E-state index >= 15 is 0 Å². The molecule has 13 heavy (non-hydrogen) atoms. The summed E-state index contributed by atoms with van der Waals surface area (Å²) in [5, 5.41) is 4.10. The number of hydrogen-bond acceptors (Lipinski definition) is 3. The molecule has 0 atom stereocenters. The van der Waals surface area contributed by atoms with E-state index in [-0.39, 0.29) is 5.56 Å². The maximum atomic E-state index is 11.3. The molecule has 5 heteroatoms. The van der Waals surface area contributed by atoms with Crippen molar-refractivity contribution in [2.75, 3.05) is 0 Å². The summed E-state index contributed by atoms with van der Waals surface area (Å²) in [6.45, 7) is 0.